The van der Waals surface area contributed by atoms with E-state index in [-0.39, 0.29) is 16.2 Å². The van der Waals surface area contributed by atoms with E-state index in [0.29, 0.717) is 18.7 Å². The zero-order valence-electron chi connectivity index (χ0n) is 16.3. The fraction of sp³-hybridized carbons (Fsp3) is 0.273. The van der Waals surface area contributed by atoms with Gasteiger partial charge < -0.3 is 9.72 Å². The third-order valence-corrected chi connectivity index (χ3v) is 7.14. The molecule has 0 spiro atoms. The number of ether oxygens (including phenoxy) is 1. The quantitative estimate of drug-likeness (QED) is 0.481. The molecule has 1 fully saturated rings. The predicted molar refractivity (Wildman–Crippen MR) is 112 cm³/mol. The van der Waals surface area contributed by atoms with Crippen molar-refractivity contribution >= 4 is 32.7 Å². The molecule has 0 unspecified atom stereocenters. The molecule has 0 aliphatic carbocycles. The molecule has 1 aromatic heterocycles. The van der Waals surface area contributed by atoms with Crippen molar-refractivity contribution in [2.75, 3.05) is 19.7 Å². The van der Waals surface area contributed by atoms with Crippen LogP contribution in [0, 0.1) is 0 Å². The van der Waals surface area contributed by atoms with Crippen LogP contribution in [0.25, 0.3) is 10.9 Å². The maximum Gasteiger partial charge on any atom is 0.338 e. The second kappa shape index (κ2) is 8.41. The van der Waals surface area contributed by atoms with Crippen molar-refractivity contribution in [1.82, 2.24) is 9.29 Å². The number of Topliss-reactive ketones (excluding diaryl/α,β-unsaturated/α-hetero) is 1. The molecule has 0 amide bonds. The first kappa shape index (κ1) is 20.3. The number of nitrogens with zero attached hydrogens (tertiary/aromatic N) is 1. The van der Waals surface area contributed by atoms with Gasteiger partial charge in [0.1, 0.15) is 0 Å². The average Bonchev–Trinajstić information content (AvgIpc) is 3.22. The van der Waals surface area contributed by atoms with Crippen molar-refractivity contribution in [3.05, 3.63) is 65.9 Å². The van der Waals surface area contributed by atoms with Crippen LogP contribution in [-0.2, 0) is 14.8 Å². The van der Waals surface area contributed by atoms with Gasteiger partial charge in [0.05, 0.1) is 10.5 Å². The van der Waals surface area contributed by atoms with Crippen LogP contribution in [0.1, 0.15) is 40.0 Å². The van der Waals surface area contributed by atoms with Crippen LogP contribution < -0.4 is 0 Å². The molecule has 1 aliphatic heterocycles. The summed E-state index contributed by atoms with van der Waals surface area (Å²) in [6.45, 7) is 0.538. The van der Waals surface area contributed by atoms with Crippen LogP contribution in [-0.4, -0.2) is 49.2 Å². The van der Waals surface area contributed by atoms with Gasteiger partial charge in [-0.25, -0.2) is 13.2 Å². The normalized spacial score (nSPS) is 15.2. The number of hydrogen-bond donors (Lipinski definition) is 1. The van der Waals surface area contributed by atoms with Gasteiger partial charge >= 0.3 is 5.97 Å². The molecule has 4 rings (SSSR count). The Hall–Kier alpha value is -2.97. The average molecular weight is 426 g/mol. The van der Waals surface area contributed by atoms with E-state index in [0.717, 1.165) is 30.2 Å². The number of hydrogen-bond acceptors (Lipinski definition) is 5. The molecule has 2 aromatic carbocycles. The van der Waals surface area contributed by atoms with Crippen LogP contribution in [0.4, 0.5) is 0 Å². The van der Waals surface area contributed by atoms with E-state index < -0.39 is 22.6 Å². The molecule has 0 bridgehead atoms. The number of para-hydroxylation sites is 1. The van der Waals surface area contributed by atoms with Crippen LogP contribution in [0.3, 0.4) is 0 Å². The van der Waals surface area contributed by atoms with Gasteiger partial charge in [-0.3, -0.25) is 4.79 Å². The molecular weight excluding hydrogens is 404 g/mol. The molecule has 1 aliphatic rings. The number of carbonyl (C=O) groups is 2. The summed E-state index contributed by atoms with van der Waals surface area (Å²) in [4.78, 5) is 28.0. The lowest BCUT2D eigenvalue weighted by Gasteiger charge is -2.25. The number of fused-ring (bicyclic) bond motifs is 1. The highest BCUT2D eigenvalue weighted by Crippen LogP contribution is 2.22. The van der Waals surface area contributed by atoms with Crippen LogP contribution in [0.5, 0.6) is 0 Å². The topological polar surface area (TPSA) is 96.5 Å². The van der Waals surface area contributed by atoms with Crippen molar-refractivity contribution < 1.29 is 22.7 Å². The number of nitrogens with one attached hydrogen (secondary N) is 1. The molecule has 1 saturated heterocycles. The van der Waals surface area contributed by atoms with Crippen molar-refractivity contribution in [3.63, 3.8) is 0 Å². The van der Waals surface area contributed by atoms with Crippen LogP contribution >= 0.6 is 0 Å². The van der Waals surface area contributed by atoms with Crippen molar-refractivity contribution in [1.29, 1.82) is 0 Å². The summed E-state index contributed by atoms with van der Waals surface area (Å²) >= 11 is 0. The Morgan fingerprint density at radius 2 is 1.77 bits per heavy atom. The van der Waals surface area contributed by atoms with Gasteiger partial charge in [-0.05, 0) is 37.1 Å². The SMILES string of the molecule is O=C(OCC(=O)c1c[nH]c2ccccc12)c1cccc(S(=O)(=O)N2CCCCC2)c1. The number of rotatable bonds is 6. The number of H-pyrrole nitrogens is 1. The summed E-state index contributed by atoms with van der Waals surface area (Å²) in [5.41, 5.74) is 1.36. The largest absolute Gasteiger partial charge is 0.454 e. The predicted octanol–water partition coefficient (Wildman–Crippen LogP) is 3.38. The molecule has 0 radical (unpaired) electrons. The van der Waals surface area contributed by atoms with Crippen LogP contribution in [0.15, 0.2) is 59.6 Å². The standard InChI is InChI=1S/C22H22N2O5S/c25-21(19-14-23-20-10-3-2-9-18(19)20)15-29-22(26)16-7-6-8-17(13-16)30(27,28)24-11-4-1-5-12-24/h2-3,6-10,13-14,23H,1,4-5,11-12,15H2. The molecule has 156 valence electrons. The molecule has 3 aromatic rings. The summed E-state index contributed by atoms with van der Waals surface area (Å²) in [7, 11) is -3.65. The molecule has 30 heavy (non-hydrogen) atoms. The molecule has 0 atom stereocenters. The number of piperidine rings is 1. The molecule has 7 nitrogen and oxygen atoms in total. The fourth-order valence-electron chi connectivity index (χ4n) is 3.63. The third kappa shape index (κ3) is 4.01. The van der Waals surface area contributed by atoms with Crippen molar-refractivity contribution in [2.24, 2.45) is 0 Å². The Bertz CT molecular complexity index is 1190. The first-order chi connectivity index (χ1) is 14.5. The summed E-state index contributed by atoms with van der Waals surface area (Å²) < 4.78 is 32.3. The second-order valence-electron chi connectivity index (χ2n) is 7.24. The minimum atomic E-state index is -3.65. The lowest BCUT2D eigenvalue weighted by molar-refractivity contribution is 0.0475. The van der Waals surface area contributed by atoms with E-state index in [4.69, 9.17) is 4.74 Å². The van der Waals surface area contributed by atoms with E-state index in [1.54, 1.807) is 6.20 Å². The Kier molecular flexibility index (Phi) is 5.69. The van der Waals surface area contributed by atoms with Gasteiger partial charge in [0, 0.05) is 35.8 Å². The van der Waals surface area contributed by atoms with Gasteiger partial charge in [-0.2, -0.15) is 4.31 Å². The summed E-state index contributed by atoms with van der Waals surface area (Å²) in [5, 5.41) is 0.758. The monoisotopic (exact) mass is 426 g/mol. The maximum absolute atomic E-state index is 12.8. The summed E-state index contributed by atoms with van der Waals surface area (Å²) in [6, 6.07) is 13.1. The Morgan fingerprint density at radius 1 is 1.00 bits per heavy atom. The Balaban J connectivity index is 1.46. The summed E-state index contributed by atoms with van der Waals surface area (Å²) in [5.74, 6) is -1.07. The Labute approximate surface area is 174 Å². The number of aromatic nitrogens is 1. The molecule has 8 heteroatoms. The number of benzene rings is 2. The van der Waals surface area contributed by atoms with Crippen molar-refractivity contribution in [2.45, 2.75) is 24.2 Å². The van der Waals surface area contributed by atoms with E-state index in [1.807, 2.05) is 24.3 Å². The number of carbonyl (C=O) groups excluding carboxylic acids is 2. The van der Waals surface area contributed by atoms with Gasteiger partial charge in [-0.15, -0.1) is 0 Å². The van der Waals surface area contributed by atoms with Gasteiger partial charge in [0.25, 0.3) is 0 Å². The Morgan fingerprint density at radius 3 is 2.57 bits per heavy atom. The smallest absolute Gasteiger partial charge is 0.338 e. The minimum absolute atomic E-state index is 0.0572. The zero-order valence-corrected chi connectivity index (χ0v) is 17.2. The third-order valence-electron chi connectivity index (χ3n) is 5.25. The van der Waals surface area contributed by atoms with E-state index >= 15 is 0 Å². The highest BCUT2D eigenvalue weighted by atomic mass is 32.2. The first-order valence-electron chi connectivity index (χ1n) is 9.83. The first-order valence-corrected chi connectivity index (χ1v) is 11.3. The highest BCUT2D eigenvalue weighted by molar-refractivity contribution is 7.89. The van der Waals surface area contributed by atoms with E-state index in [9.17, 15) is 18.0 Å². The highest BCUT2D eigenvalue weighted by Gasteiger charge is 2.26. The number of aromatic amines is 1. The number of sulfonamides is 1. The van der Waals surface area contributed by atoms with E-state index in [1.165, 1.54) is 28.6 Å². The maximum atomic E-state index is 12.8. The second-order valence-corrected chi connectivity index (χ2v) is 9.18. The summed E-state index contributed by atoms with van der Waals surface area (Å²) in [6.07, 6.45) is 4.27. The van der Waals surface area contributed by atoms with E-state index in [2.05, 4.69) is 4.98 Å². The zero-order chi connectivity index (χ0) is 21.1. The van der Waals surface area contributed by atoms with Gasteiger partial charge in [-0.1, -0.05) is 30.7 Å². The molecule has 2 heterocycles. The lowest BCUT2D eigenvalue weighted by Crippen LogP contribution is -2.35. The van der Waals surface area contributed by atoms with Gasteiger partial charge in [0.2, 0.25) is 15.8 Å². The van der Waals surface area contributed by atoms with Gasteiger partial charge in [0.15, 0.2) is 6.61 Å². The van der Waals surface area contributed by atoms with Crippen LogP contribution in [0.2, 0.25) is 0 Å². The molecule has 1 N–H and O–H groups in total. The molecule has 0 saturated carbocycles. The molecular formula is C22H22N2O5S. The van der Waals surface area contributed by atoms with Crippen molar-refractivity contribution in [3.8, 4) is 0 Å². The fourth-order valence-corrected chi connectivity index (χ4v) is 5.20. The number of ketones is 1. The minimum Gasteiger partial charge on any atom is -0.454 e. The lowest BCUT2D eigenvalue weighted by atomic mass is 10.1. The number of esters is 1.